The van der Waals surface area contributed by atoms with Gasteiger partial charge in [0.2, 0.25) is 0 Å². The van der Waals surface area contributed by atoms with Crippen LogP contribution in [0.3, 0.4) is 0 Å². The summed E-state index contributed by atoms with van der Waals surface area (Å²) in [7, 11) is 0. The first-order valence-electron chi connectivity index (χ1n) is 6.27. The number of benzene rings is 1. The van der Waals surface area contributed by atoms with Crippen molar-refractivity contribution in [2.45, 2.75) is 37.6 Å². The van der Waals surface area contributed by atoms with Crippen molar-refractivity contribution < 1.29 is 25.2 Å². The summed E-state index contributed by atoms with van der Waals surface area (Å²) < 4.78 is 6.26. The van der Waals surface area contributed by atoms with Gasteiger partial charge in [0.25, 0.3) is 0 Å². The first kappa shape index (κ1) is 15.7. The Morgan fingerprint density at radius 2 is 1.90 bits per heavy atom. The highest BCUT2D eigenvalue weighted by Gasteiger charge is 2.43. The van der Waals surface area contributed by atoms with E-state index in [9.17, 15) is 15.3 Å². The van der Waals surface area contributed by atoms with Crippen molar-refractivity contribution >= 4 is 21.6 Å². The van der Waals surface area contributed by atoms with Gasteiger partial charge < -0.3 is 30.5 Å². The number of rotatable bonds is 3. The standard InChI is InChI=1S/C13H18BrNO5/c1-6-2-3-7(4-8(6)14)15-13-12(19)11(18)10(17)9(5-16)20-13/h2-4,9-13,15-19H,5H2,1H3/t9-,10-,11+,12+,13-/m0/s1. The molecular weight excluding hydrogens is 330 g/mol. The van der Waals surface area contributed by atoms with Crippen LogP contribution in [-0.2, 0) is 4.74 Å². The molecule has 1 heterocycles. The molecule has 1 fully saturated rings. The summed E-state index contributed by atoms with van der Waals surface area (Å²) in [6, 6.07) is 5.51. The van der Waals surface area contributed by atoms with Gasteiger partial charge in [-0.1, -0.05) is 22.0 Å². The third-order valence-corrected chi connectivity index (χ3v) is 4.23. The van der Waals surface area contributed by atoms with Gasteiger partial charge in [0.05, 0.1) is 6.61 Å². The molecule has 0 spiro atoms. The first-order chi connectivity index (χ1) is 9.43. The Hall–Kier alpha value is -0.700. The molecule has 0 bridgehead atoms. The largest absolute Gasteiger partial charge is 0.394 e. The maximum atomic E-state index is 9.92. The topological polar surface area (TPSA) is 102 Å². The summed E-state index contributed by atoms with van der Waals surface area (Å²) in [5.74, 6) is 0. The Morgan fingerprint density at radius 1 is 1.20 bits per heavy atom. The van der Waals surface area contributed by atoms with Crippen LogP contribution in [0.2, 0.25) is 0 Å². The monoisotopic (exact) mass is 347 g/mol. The molecule has 1 aromatic carbocycles. The molecule has 1 aliphatic rings. The minimum Gasteiger partial charge on any atom is -0.394 e. The van der Waals surface area contributed by atoms with Crippen LogP contribution in [0.5, 0.6) is 0 Å². The van der Waals surface area contributed by atoms with E-state index < -0.39 is 37.3 Å². The molecule has 0 saturated carbocycles. The molecule has 1 aromatic rings. The lowest BCUT2D eigenvalue weighted by Gasteiger charge is -2.40. The van der Waals surface area contributed by atoms with E-state index in [4.69, 9.17) is 9.84 Å². The van der Waals surface area contributed by atoms with Gasteiger partial charge in [0.1, 0.15) is 24.4 Å². The van der Waals surface area contributed by atoms with Gasteiger partial charge in [-0.15, -0.1) is 0 Å². The summed E-state index contributed by atoms with van der Waals surface area (Å²) >= 11 is 3.40. The van der Waals surface area contributed by atoms with Crippen molar-refractivity contribution in [2.24, 2.45) is 0 Å². The number of hydrogen-bond acceptors (Lipinski definition) is 6. The molecule has 112 valence electrons. The summed E-state index contributed by atoms with van der Waals surface area (Å²) in [5, 5.41) is 41.4. The van der Waals surface area contributed by atoms with E-state index >= 15 is 0 Å². The third kappa shape index (κ3) is 3.13. The number of nitrogens with one attached hydrogen (secondary N) is 1. The van der Waals surface area contributed by atoms with E-state index in [-0.39, 0.29) is 0 Å². The van der Waals surface area contributed by atoms with Gasteiger partial charge in [0, 0.05) is 10.2 Å². The fourth-order valence-corrected chi connectivity index (χ4v) is 2.45. The van der Waals surface area contributed by atoms with Crippen LogP contribution in [0.15, 0.2) is 22.7 Å². The minimum absolute atomic E-state index is 0.444. The molecule has 5 atom stereocenters. The molecule has 0 aromatic heterocycles. The zero-order chi connectivity index (χ0) is 14.9. The smallest absolute Gasteiger partial charge is 0.157 e. The Kier molecular flexibility index (Phi) is 5.00. The average Bonchev–Trinajstić information content (AvgIpc) is 2.43. The van der Waals surface area contributed by atoms with Gasteiger partial charge in [0.15, 0.2) is 6.23 Å². The maximum Gasteiger partial charge on any atom is 0.157 e. The zero-order valence-electron chi connectivity index (χ0n) is 10.9. The van der Waals surface area contributed by atoms with Crippen LogP contribution in [0.25, 0.3) is 0 Å². The van der Waals surface area contributed by atoms with Crippen LogP contribution in [0.4, 0.5) is 5.69 Å². The fourth-order valence-electron chi connectivity index (χ4n) is 2.07. The molecule has 7 heteroatoms. The van der Waals surface area contributed by atoms with Crippen LogP contribution in [0, 0.1) is 6.92 Å². The third-order valence-electron chi connectivity index (χ3n) is 3.37. The average molecular weight is 348 g/mol. The number of halogens is 1. The van der Waals surface area contributed by atoms with Gasteiger partial charge in [-0.25, -0.2) is 0 Å². The van der Waals surface area contributed by atoms with Gasteiger partial charge in [-0.3, -0.25) is 0 Å². The minimum atomic E-state index is -1.38. The predicted octanol–water partition coefficient (Wildman–Crippen LogP) is -0.0307. The molecule has 1 aliphatic heterocycles. The number of anilines is 1. The van der Waals surface area contributed by atoms with Crippen molar-refractivity contribution in [1.29, 1.82) is 0 Å². The van der Waals surface area contributed by atoms with Crippen LogP contribution in [-0.4, -0.2) is 57.7 Å². The molecule has 2 rings (SSSR count). The van der Waals surface area contributed by atoms with Gasteiger partial charge in [-0.05, 0) is 24.6 Å². The molecule has 6 nitrogen and oxygen atoms in total. The summed E-state index contributed by atoms with van der Waals surface area (Å²) in [6.45, 7) is 1.50. The van der Waals surface area contributed by atoms with Crippen LogP contribution < -0.4 is 5.32 Å². The summed E-state index contributed by atoms with van der Waals surface area (Å²) in [5.41, 5.74) is 1.75. The van der Waals surface area contributed by atoms with Crippen LogP contribution in [0.1, 0.15) is 5.56 Å². The Bertz CT molecular complexity index is 470. The van der Waals surface area contributed by atoms with Gasteiger partial charge in [-0.2, -0.15) is 0 Å². The molecule has 0 radical (unpaired) electrons. The maximum absolute atomic E-state index is 9.92. The van der Waals surface area contributed by atoms with Gasteiger partial charge >= 0.3 is 0 Å². The lowest BCUT2D eigenvalue weighted by Crippen LogP contribution is -2.60. The molecular formula is C13H18BrNO5. The van der Waals surface area contributed by atoms with Crippen molar-refractivity contribution in [2.75, 3.05) is 11.9 Å². The van der Waals surface area contributed by atoms with Crippen molar-refractivity contribution in [1.82, 2.24) is 0 Å². The zero-order valence-corrected chi connectivity index (χ0v) is 12.5. The number of aliphatic hydroxyl groups is 4. The number of aryl methyl sites for hydroxylation is 1. The van der Waals surface area contributed by atoms with E-state index in [0.29, 0.717) is 5.69 Å². The molecule has 0 unspecified atom stereocenters. The molecule has 1 saturated heterocycles. The Labute approximate surface area is 125 Å². The molecule has 5 N–H and O–H groups in total. The lowest BCUT2D eigenvalue weighted by atomic mass is 9.98. The van der Waals surface area contributed by atoms with E-state index in [1.165, 1.54) is 0 Å². The first-order valence-corrected chi connectivity index (χ1v) is 7.06. The second-order valence-electron chi connectivity index (χ2n) is 4.86. The van der Waals surface area contributed by atoms with Crippen molar-refractivity contribution in [3.8, 4) is 0 Å². The quantitative estimate of drug-likeness (QED) is 0.526. The SMILES string of the molecule is Cc1ccc(N[C@H]2O[C@@H](CO)[C@H](O)[C@@H](O)[C@H]2O)cc1Br. The second-order valence-corrected chi connectivity index (χ2v) is 5.71. The highest BCUT2D eigenvalue weighted by Crippen LogP contribution is 2.25. The normalized spacial score (nSPS) is 34.0. The highest BCUT2D eigenvalue weighted by molar-refractivity contribution is 9.10. The van der Waals surface area contributed by atoms with Crippen molar-refractivity contribution in [3.63, 3.8) is 0 Å². The number of aliphatic hydroxyl groups excluding tert-OH is 4. The highest BCUT2D eigenvalue weighted by atomic mass is 79.9. The van der Waals surface area contributed by atoms with Crippen molar-refractivity contribution in [3.05, 3.63) is 28.2 Å². The number of hydrogen-bond donors (Lipinski definition) is 5. The number of ether oxygens (including phenoxy) is 1. The van der Waals surface area contributed by atoms with E-state index in [1.807, 2.05) is 25.1 Å². The summed E-state index contributed by atoms with van der Waals surface area (Å²) in [6.07, 6.45) is -5.86. The Morgan fingerprint density at radius 3 is 2.50 bits per heavy atom. The van der Waals surface area contributed by atoms with E-state index in [2.05, 4.69) is 21.2 Å². The molecule has 0 aliphatic carbocycles. The lowest BCUT2D eigenvalue weighted by molar-refractivity contribution is -0.221. The fraction of sp³-hybridized carbons (Fsp3) is 0.538. The molecule has 0 amide bonds. The summed E-state index contributed by atoms with van der Waals surface area (Å²) in [4.78, 5) is 0. The predicted molar refractivity (Wildman–Crippen MR) is 76.3 cm³/mol. The second kappa shape index (κ2) is 6.38. The van der Waals surface area contributed by atoms with E-state index in [1.54, 1.807) is 0 Å². The molecule has 20 heavy (non-hydrogen) atoms. The van der Waals surface area contributed by atoms with Crippen LogP contribution >= 0.6 is 15.9 Å². The van der Waals surface area contributed by atoms with E-state index in [0.717, 1.165) is 10.0 Å². The Balaban J connectivity index is 2.13.